The van der Waals surface area contributed by atoms with Crippen LogP contribution in [0.5, 0.6) is 5.75 Å². The van der Waals surface area contributed by atoms with Gasteiger partial charge in [-0.15, -0.1) is 0 Å². The molecule has 0 aromatic heterocycles. The van der Waals surface area contributed by atoms with Gasteiger partial charge >= 0.3 is 0 Å². The molecule has 3 nitrogen and oxygen atoms in total. The Kier molecular flexibility index (Phi) is 3.51. The van der Waals surface area contributed by atoms with E-state index in [4.69, 9.17) is 0 Å². The summed E-state index contributed by atoms with van der Waals surface area (Å²) < 4.78 is 13.9. The minimum absolute atomic E-state index is 0.0193. The fourth-order valence-electron chi connectivity index (χ4n) is 1.81. The smallest absolute Gasteiger partial charge is 0.260 e. The first-order chi connectivity index (χ1) is 9.00. The van der Waals surface area contributed by atoms with Gasteiger partial charge in [-0.25, -0.2) is 4.39 Å². The van der Waals surface area contributed by atoms with Gasteiger partial charge in [0, 0.05) is 18.8 Å². The van der Waals surface area contributed by atoms with Crippen LogP contribution in [-0.4, -0.2) is 18.1 Å². The molecule has 2 aromatic carbocycles. The van der Waals surface area contributed by atoms with Crippen LogP contribution in [0.25, 0.3) is 0 Å². The van der Waals surface area contributed by atoms with Crippen molar-refractivity contribution < 1.29 is 14.3 Å². The lowest BCUT2D eigenvalue weighted by atomic mass is 10.1. The second-order valence-corrected chi connectivity index (χ2v) is 4.32. The van der Waals surface area contributed by atoms with Crippen molar-refractivity contribution in [3.8, 4) is 5.75 Å². The number of hydrogen-bond acceptors (Lipinski definition) is 2. The maximum absolute atomic E-state index is 13.9. The van der Waals surface area contributed by atoms with Gasteiger partial charge in [0.2, 0.25) is 0 Å². The molecule has 0 atom stereocenters. The van der Waals surface area contributed by atoms with Gasteiger partial charge in [0.05, 0.1) is 5.56 Å². The monoisotopic (exact) mass is 259 g/mol. The molecule has 0 fully saturated rings. The average molecular weight is 259 g/mol. The van der Waals surface area contributed by atoms with Gasteiger partial charge in [-0.05, 0) is 30.7 Å². The molecule has 1 N–H and O–H groups in total. The van der Waals surface area contributed by atoms with E-state index < -0.39 is 11.7 Å². The molecule has 0 spiro atoms. The first-order valence-electron chi connectivity index (χ1n) is 5.83. The van der Waals surface area contributed by atoms with Gasteiger partial charge in [0.25, 0.3) is 5.91 Å². The number of anilines is 1. The maximum atomic E-state index is 13.9. The fourth-order valence-corrected chi connectivity index (χ4v) is 1.81. The van der Waals surface area contributed by atoms with E-state index in [2.05, 4.69) is 0 Å². The van der Waals surface area contributed by atoms with Crippen molar-refractivity contribution in [2.24, 2.45) is 0 Å². The largest absolute Gasteiger partial charge is 0.508 e. The molecule has 0 aliphatic rings. The van der Waals surface area contributed by atoms with Crippen LogP contribution in [-0.2, 0) is 0 Å². The number of phenols is 1. The minimum Gasteiger partial charge on any atom is -0.508 e. The number of hydrogen-bond donors (Lipinski definition) is 1. The van der Waals surface area contributed by atoms with Crippen molar-refractivity contribution in [2.75, 3.05) is 11.9 Å². The zero-order valence-corrected chi connectivity index (χ0v) is 10.7. The van der Waals surface area contributed by atoms with Crippen LogP contribution in [0.15, 0.2) is 42.5 Å². The van der Waals surface area contributed by atoms with Crippen LogP contribution < -0.4 is 4.90 Å². The predicted molar refractivity (Wildman–Crippen MR) is 72.0 cm³/mol. The van der Waals surface area contributed by atoms with E-state index in [1.54, 1.807) is 38.2 Å². The first kappa shape index (κ1) is 13.1. The van der Waals surface area contributed by atoms with E-state index in [1.807, 2.05) is 0 Å². The van der Waals surface area contributed by atoms with Crippen LogP contribution in [0.1, 0.15) is 15.9 Å². The summed E-state index contributed by atoms with van der Waals surface area (Å²) in [4.78, 5) is 13.5. The average Bonchev–Trinajstić information content (AvgIpc) is 2.40. The summed E-state index contributed by atoms with van der Waals surface area (Å²) in [6.07, 6.45) is 0. The molecule has 19 heavy (non-hydrogen) atoms. The van der Waals surface area contributed by atoms with E-state index in [1.165, 1.54) is 23.1 Å². The molecule has 0 heterocycles. The van der Waals surface area contributed by atoms with Gasteiger partial charge in [0.15, 0.2) is 0 Å². The highest BCUT2D eigenvalue weighted by molar-refractivity contribution is 6.06. The Bertz CT molecular complexity index is 625. The highest BCUT2D eigenvalue weighted by atomic mass is 19.1. The zero-order chi connectivity index (χ0) is 14.0. The van der Waals surface area contributed by atoms with Crippen molar-refractivity contribution in [1.82, 2.24) is 0 Å². The summed E-state index contributed by atoms with van der Waals surface area (Å²) >= 11 is 0. The number of benzene rings is 2. The second-order valence-electron chi connectivity index (χ2n) is 4.32. The van der Waals surface area contributed by atoms with Crippen LogP contribution in [0.4, 0.5) is 10.1 Å². The lowest BCUT2D eigenvalue weighted by Gasteiger charge is -2.18. The molecular formula is C15H14FNO2. The molecule has 0 unspecified atom stereocenters. The van der Waals surface area contributed by atoms with Gasteiger partial charge in [-0.3, -0.25) is 4.79 Å². The van der Waals surface area contributed by atoms with Crippen molar-refractivity contribution in [2.45, 2.75) is 6.92 Å². The minimum atomic E-state index is -0.514. The highest BCUT2D eigenvalue weighted by Gasteiger charge is 2.18. The molecule has 2 rings (SSSR count). The summed E-state index contributed by atoms with van der Waals surface area (Å²) in [7, 11) is 1.54. The van der Waals surface area contributed by atoms with Gasteiger partial charge in [-0.1, -0.05) is 18.2 Å². The number of phenolic OH excluding ortho intramolecular Hbond substituents is 1. The van der Waals surface area contributed by atoms with Crippen LogP contribution >= 0.6 is 0 Å². The Hall–Kier alpha value is -2.36. The quantitative estimate of drug-likeness (QED) is 0.900. The number of aryl methyl sites for hydroxylation is 1. The van der Waals surface area contributed by atoms with Crippen molar-refractivity contribution in [3.63, 3.8) is 0 Å². The third-order valence-corrected chi connectivity index (χ3v) is 2.94. The Labute approximate surface area is 110 Å². The number of amides is 1. The van der Waals surface area contributed by atoms with E-state index >= 15 is 0 Å². The van der Waals surface area contributed by atoms with Crippen molar-refractivity contribution >= 4 is 11.6 Å². The maximum Gasteiger partial charge on any atom is 0.260 e. The number of carbonyl (C=O) groups is 1. The number of aromatic hydroxyl groups is 1. The molecule has 4 heteroatoms. The molecule has 98 valence electrons. The third kappa shape index (κ3) is 2.57. The Balaban J connectivity index is 2.36. The van der Waals surface area contributed by atoms with E-state index in [0.29, 0.717) is 11.3 Å². The molecule has 2 aromatic rings. The Morgan fingerprint density at radius 2 is 1.89 bits per heavy atom. The first-order valence-corrected chi connectivity index (χ1v) is 5.83. The number of rotatable bonds is 2. The lowest BCUT2D eigenvalue weighted by molar-refractivity contribution is 0.0989. The fraction of sp³-hybridized carbons (Fsp3) is 0.133. The van der Waals surface area contributed by atoms with Crippen LogP contribution in [0.2, 0.25) is 0 Å². The molecule has 0 saturated heterocycles. The van der Waals surface area contributed by atoms with E-state index in [9.17, 15) is 14.3 Å². The van der Waals surface area contributed by atoms with Crippen molar-refractivity contribution in [3.05, 3.63) is 59.4 Å². The lowest BCUT2D eigenvalue weighted by Crippen LogP contribution is -2.27. The zero-order valence-electron chi connectivity index (χ0n) is 10.7. The normalized spacial score (nSPS) is 10.3. The Morgan fingerprint density at radius 1 is 1.21 bits per heavy atom. The molecule has 0 aliphatic carbocycles. The molecule has 0 saturated carbocycles. The molecule has 0 aliphatic heterocycles. The summed E-state index contributed by atoms with van der Waals surface area (Å²) in [6.45, 7) is 1.61. The summed E-state index contributed by atoms with van der Waals surface area (Å²) in [5.74, 6) is -0.909. The van der Waals surface area contributed by atoms with E-state index in [0.717, 1.165) is 0 Å². The van der Waals surface area contributed by atoms with Crippen LogP contribution in [0.3, 0.4) is 0 Å². The standard InChI is InChI=1S/C15H14FNO2/c1-10-5-3-8-13(14(10)16)15(19)17(2)11-6-4-7-12(18)9-11/h3-9,18H,1-2H3. The molecule has 0 radical (unpaired) electrons. The van der Waals surface area contributed by atoms with Gasteiger partial charge in [0.1, 0.15) is 11.6 Å². The van der Waals surface area contributed by atoms with Crippen molar-refractivity contribution in [1.29, 1.82) is 0 Å². The summed E-state index contributed by atoms with van der Waals surface area (Å²) in [5, 5.41) is 9.40. The highest BCUT2D eigenvalue weighted by Crippen LogP contribution is 2.22. The number of nitrogens with zero attached hydrogens (tertiary/aromatic N) is 1. The number of carbonyl (C=O) groups excluding carboxylic acids is 1. The second kappa shape index (κ2) is 5.10. The van der Waals surface area contributed by atoms with E-state index in [-0.39, 0.29) is 11.3 Å². The van der Waals surface area contributed by atoms with Gasteiger partial charge < -0.3 is 10.0 Å². The molecule has 1 amide bonds. The SMILES string of the molecule is Cc1cccc(C(=O)N(C)c2cccc(O)c2)c1F. The topological polar surface area (TPSA) is 40.5 Å². The van der Waals surface area contributed by atoms with Gasteiger partial charge in [-0.2, -0.15) is 0 Å². The molecule has 0 bridgehead atoms. The summed E-state index contributed by atoms with van der Waals surface area (Å²) in [5.41, 5.74) is 0.951. The number of halogens is 1. The van der Waals surface area contributed by atoms with Crippen LogP contribution in [0, 0.1) is 12.7 Å². The molecular weight excluding hydrogens is 245 g/mol. The summed E-state index contributed by atoms with van der Waals surface area (Å²) in [6, 6.07) is 11.0. The Morgan fingerprint density at radius 3 is 2.58 bits per heavy atom. The third-order valence-electron chi connectivity index (χ3n) is 2.94. The predicted octanol–water partition coefficient (Wildman–Crippen LogP) is 3.12.